The van der Waals surface area contributed by atoms with Gasteiger partial charge < -0.3 is 19.5 Å². The molecule has 0 fully saturated rings. The van der Waals surface area contributed by atoms with E-state index in [4.69, 9.17) is 25.8 Å². The van der Waals surface area contributed by atoms with Gasteiger partial charge in [0.1, 0.15) is 5.75 Å². The summed E-state index contributed by atoms with van der Waals surface area (Å²) in [4.78, 5) is 12.2. The third-order valence-electron chi connectivity index (χ3n) is 3.86. The van der Waals surface area contributed by atoms with Crippen LogP contribution in [0.15, 0.2) is 54.6 Å². The molecular weight excluding hydrogens is 354 g/mol. The number of hydrogen-bond donors (Lipinski definition) is 1. The highest BCUT2D eigenvalue weighted by molar-refractivity contribution is 6.35. The van der Waals surface area contributed by atoms with Crippen LogP contribution in [0.2, 0.25) is 5.02 Å². The Morgan fingerprint density at radius 2 is 1.62 bits per heavy atom. The Labute approximate surface area is 156 Å². The number of carbonyl (C=O) groups is 1. The zero-order valence-corrected chi connectivity index (χ0v) is 15.2. The molecule has 0 heterocycles. The number of ether oxygens (including phenoxy) is 3. The van der Waals surface area contributed by atoms with Crippen LogP contribution in [0.4, 0.5) is 5.69 Å². The first-order valence-corrected chi connectivity index (χ1v) is 8.32. The van der Waals surface area contributed by atoms with E-state index in [0.717, 1.165) is 10.8 Å². The van der Waals surface area contributed by atoms with E-state index >= 15 is 0 Å². The number of nitrogens with one attached hydrogen (secondary N) is 1. The normalized spacial score (nSPS) is 10.4. The molecule has 3 rings (SSSR count). The van der Waals surface area contributed by atoms with Crippen LogP contribution in [0.25, 0.3) is 10.8 Å². The van der Waals surface area contributed by atoms with Gasteiger partial charge in [-0.2, -0.15) is 0 Å². The molecule has 26 heavy (non-hydrogen) atoms. The van der Waals surface area contributed by atoms with Crippen molar-refractivity contribution >= 4 is 34.0 Å². The average molecular weight is 372 g/mol. The Balaban J connectivity index is 1.69. The zero-order valence-electron chi connectivity index (χ0n) is 14.4. The van der Waals surface area contributed by atoms with Gasteiger partial charge in [0.15, 0.2) is 18.1 Å². The van der Waals surface area contributed by atoms with Gasteiger partial charge in [-0.3, -0.25) is 4.79 Å². The number of benzene rings is 3. The van der Waals surface area contributed by atoms with Gasteiger partial charge in [-0.15, -0.1) is 0 Å². The van der Waals surface area contributed by atoms with Crippen molar-refractivity contribution < 1.29 is 19.0 Å². The molecule has 0 aliphatic rings. The Hall–Kier alpha value is -2.92. The summed E-state index contributed by atoms with van der Waals surface area (Å²) in [6.45, 7) is -0.125. The zero-order chi connectivity index (χ0) is 18.5. The lowest BCUT2D eigenvalue weighted by Crippen LogP contribution is -2.20. The monoisotopic (exact) mass is 371 g/mol. The molecule has 0 aliphatic carbocycles. The summed E-state index contributed by atoms with van der Waals surface area (Å²) in [5, 5.41) is 5.16. The summed E-state index contributed by atoms with van der Waals surface area (Å²) in [6, 6.07) is 16.3. The maximum atomic E-state index is 12.2. The largest absolute Gasteiger partial charge is 0.493 e. The molecular formula is C20H18ClNO4. The predicted molar refractivity (Wildman–Crippen MR) is 103 cm³/mol. The average Bonchev–Trinajstić information content (AvgIpc) is 2.67. The molecule has 0 bridgehead atoms. The highest BCUT2D eigenvalue weighted by Gasteiger charge is 2.10. The van der Waals surface area contributed by atoms with Crippen LogP contribution in [-0.2, 0) is 4.79 Å². The first kappa shape index (κ1) is 17.9. The maximum Gasteiger partial charge on any atom is 0.262 e. The molecule has 0 aliphatic heterocycles. The molecule has 0 saturated heterocycles. The van der Waals surface area contributed by atoms with E-state index in [1.807, 2.05) is 24.3 Å². The van der Waals surface area contributed by atoms with E-state index in [9.17, 15) is 4.79 Å². The van der Waals surface area contributed by atoms with E-state index in [2.05, 4.69) is 5.32 Å². The van der Waals surface area contributed by atoms with Gasteiger partial charge in [-0.1, -0.05) is 35.9 Å². The maximum absolute atomic E-state index is 12.2. The number of hydrogen-bond acceptors (Lipinski definition) is 4. The Morgan fingerprint density at radius 1 is 0.923 bits per heavy atom. The van der Waals surface area contributed by atoms with Gasteiger partial charge >= 0.3 is 0 Å². The van der Waals surface area contributed by atoms with Crippen LogP contribution < -0.4 is 19.5 Å². The summed E-state index contributed by atoms with van der Waals surface area (Å²) < 4.78 is 16.1. The summed E-state index contributed by atoms with van der Waals surface area (Å²) in [5.74, 6) is 1.45. The first-order chi connectivity index (χ1) is 12.6. The lowest BCUT2D eigenvalue weighted by molar-refractivity contribution is -0.118. The van der Waals surface area contributed by atoms with Crippen molar-refractivity contribution in [1.82, 2.24) is 0 Å². The minimum Gasteiger partial charge on any atom is -0.493 e. The van der Waals surface area contributed by atoms with Gasteiger partial charge in [0.05, 0.1) is 14.2 Å². The van der Waals surface area contributed by atoms with E-state index in [-0.39, 0.29) is 12.5 Å². The van der Waals surface area contributed by atoms with Crippen molar-refractivity contribution in [3.05, 3.63) is 59.6 Å². The topological polar surface area (TPSA) is 56.8 Å². The summed E-state index contributed by atoms with van der Waals surface area (Å²) in [5.41, 5.74) is 0.595. The number of halogens is 1. The molecule has 3 aromatic carbocycles. The van der Waals surface area contributed by atoms with Crippen molar-refractivity contribution in [2.75, 3.05) is 26.1 Å². The van der Waals surface area contributed by atoms with Gasteiger partial charge in [-0.25, -0.2) is 0 Å². The molecule has 0 saturated carbocycles. The highest BCUT2D eigenvalue weighted by atomic mass is 35.5. The second-order valence-corrected chi connectivity index (χ2v) is 5.90. The SMILES string of the molecule is COc1ccc(NC(=O)COc2ccc(Cl)c3ccccc23)cc1OC. The van der Waals surface area contributed by atoms with E-state index in [1.54, 1.807) is 37.4 Å². The minimum atomic E-state index is -0.281. The third-order valence-corrected chi connectivity index (χ3v) is 4.19. The standard InChI is InChI=1S/C20H18ClNO4/c1-24-18-9-7-13(11-19(18)25-2)22-20(23)12-26-17-10-8-16(21)14-5-3-4-6-15(14)17/h3-11H,12H2,1-2H3,(H,22,23). The van der Waals surface area contributed by atoms with Crippen LogP contribution >= 0.6 is 11.6 Å². The van der Waals surface area contributed by atoms with Crippen molar-refractivity contribution in [2.24, 2.45) is 0 Å². The van der Waals surface area contributed by atoms with Crippen LogP contribution in [0.5, 0.6) is 17.2 Å². The Morgan fingerprint density at radius 3 is 2.35 bits per heavy atom. The van der Waals surface area contributed by atoms with Gasteiger partial charge in [0.2, 0.25) is 0 Å². The van der Waals surface area contributed by atoms with E-state index < -0.39 is 0 Å². The second-order valence-electron chi connectivity index (χ2n) is 5.50. The number of anilines is 1. The fourth-order valence-corrected chi connectivity index (χ4v) is 2.84. The second kappa shape index (κ2) is 7.97. The molecule has 0 aromatic heterocycles. The van der Waals surface area contributed by atoms with Crippen LogP contribution in [0, 0.1) is 0 Å². The van der Waals surface area contributed by atoms with Crippen molar-refractivity contribution in [3.63, 3.8) is 0 Å². The fourth-order valence-electron chi connectivity index (χ4n) is 2.61. The lowest BCUT2D eigenvalue weighted by atomic mass is 10.1. The molecule has 0 atom stereocenters. The Kier molecular flexibility index (Phi) is 5.49. The molecule has 0 radical (unpaired) electrons. The van der Waals surface area contributed by atoms with Crippen LogP contribution in [0.3, 0.4) is 0 Å². The smallest absolute Gasteiger partial charge is 0.262 e. The molecule has 6 heteroatoms. The van der Waals surface area contributed by atoms with Crippen molar-refractivity contribution in [3.8, 4) is 17.2 Å². The Bertz CT molecular complexity index is 942. The first-order valence-electron chi connectivity index (χ1n) is 7.94. The molecule has 1 N–H and O–H groups in total. The summed E-state index contributed by atoms with van der Waals surface area (Å²) in [7, 11) is 3.10. The van der Waals surface area contributed by atoms with Crippen LogP contribution in [-0.4, -0.2) is 26.7 Å². The fraction of sp³-hybridized carbons (Fsp3) is 0.150. The summed E-state index contributed by atoms with van der Waals surface area (Å²) in [6.07, 6.45) is 0. The molecule has 134 valence electrons. The summed E-state index contributed by atoms with van der Waals surface area (Å²) >= 11 is 6.20. The number of carbonyl (C=O) groups excluding carboxylic acids is 1. The van der Waals surface area contributed by atoms with Gasteiger partial charge in [-0.05, 0) is 24.3 Å². The number of fused-ring (bicyclic) bond motifs is 1. The van der Waals surface area contributed by atoms with E-state index in [1.165, 1.54) is 7.11 Å². The predicted octanol–water partition coefficient (Wildman–Crippen LogP) is 4.53. The number of methoxy groups -OCH3 is 2. The lowest BCUT2D eigenvalue weighted by Gasteiger charge is -2.12. The molecule has 0 unspecified atom stereocenters. The van der Waals surface area contributed by atoms with Crippen LogP contribution in [0.1, 0.15) is 0 Å². The highest BCUT2D eigenvalue weighted by Crippen LogP contribution is 2.32. The quantitative estimate of drug-likeness (QED) is 0.691. The van der Waals surface area contributed by atoms with Gasteiger partial charge in [0.25, 0.3) is 5.91 Å². The van der Waals surface area contributed by atoms with Crippen molar-refractivity contribution in [1.29, 1.82) is 0 Å². The molecule has 1 amide bonds. The van der Waals surface area contributed by atoms with Gasteiger partial charge in [0, 0.05) is 27.5 Å². The van der Waals surface area contributed by atoms with Crippen molar-refractivity contribution in [2.45, 2.75) is 0 Å². The molecule has 3 aromatic rings. The number of amides is 1. The molecule has 5 nitrogen and oxygen atoms in total. The number of rotatable bonds is 6. The molecule has 0 spiro atoms. The third kappa shape index (κ3) is 3.83. The van der Waals surface area contributed by atoms with E-state index in [0.29, 0.717) is 28.0 Å². The minimum absolute atomic E-state index is 0.125.